The summed E-state index contributed by atoms with van der Waals surface area (Å²) in [5, 5.41) is 46.2. The van der Waals surface area contributed by atoms with Crippen LogP contribution in [0.25, 0.3) is 0 Å². The van der Waals surface area contributed by atoms with Crippen LogP contribution in [0.2, 0.25) is 0 Å². The molecule has 0 aromatic carbocycles. The fraction of sp³-hybridized carbons (Fsp3) is 0.667. The third kappa shape index (κ3) is 3.89. The van der Waals surface area contributed by atoms with Gasteiger partial charge in [-0.3, -0.25) is 24.0 Å². The first kappa shape index (κ1) is 22.4. The van der Waals surface area contributed by atoms with Crippen LogP contribution in [0.1, 0.15) is 51.9 Å². The number of hydrogen-bond acceptors (Lipinski definition) is 5. The van der Waals surface area contributed by atoms with Crippen molar-refractivity contribution < 1.29 is 49.5 Å². The van der Waals surface area contributed by atoms with Crippen LogP contribution in [0.4, 0.5) is 0 Å². The Bertz CT molecular complexity index is 500. The molecule has 10 heteroatoms. The Labute approximate surface area is 143 Å². The number of carboxylic acid groups (broad SMARTS) is 5. The quantitative estimate of drug-likeness (QED) is 0.235. The third-order valence-corrected chi connectivity index (χ3v) is 4.24. The van der Waals surface area contributed by atoms with Gasteiger partial charge in [0.15, 0.2) is 0 Å². The van der Waals surface area contributed by atoms with E-state index in [0.29, 0.717) is 12.8 Å². The largest absolute Gasteiger partial charge is 0.480 e. The molecule has 0 aromatic rings. The number of carboxylic acids is 5. The highest BCUT2D eigenvalue weighted by atomic mass is 16.4. The number of unbranched alkanes of at least 4 members (excludes halogenated alkanes) is 5. The van der Waals surface area contributed by atoms with Gasteiger partial charge in [-0.2, -0.15) is 0 Å². The molecule has 25 heavy (non-hydrogen) atoms. The molecule has 0 saturated carbocycles. The van der Waals surface area contributed by atoms with Crippen molar-refractivity contribution in [3.8, 4) is 0 Å². The van der Waals surface area contributed by atoms with E-state index in [1.54, 1.807) is 0 Å². The molecule has 0 saturated heterocycles. The fourth-order valence-electron chi connectivity index (χ4n) is 2.81. The molecule has 0 aliphatic heterocycles. The van der Waals surface area contributed by atoms with Gasteiger partial charge in [0.25, 0.3) is 5.41 Å². The smallest absolute Gasteiger partial charge is 0.334 e. The van der Waals surface area contributed by atoms with Crippen molar-refractivity contribution in [1.82, 2.24) is 0 Å². The Morgan fingerprint density at radius 1 is 0.600 bits per heavy atom. The van der Waals surface area contributed by atoms with Gasteiger partial charge in [-0.05, 0) is 6.42 Å². The van der Waals surface area contributed by atoms with Crippen LogP contribution >= 0.6 is 0 Å². The first-order valence-corrected chi connectivity index (χ1v) is 7.70. The van der Waals surface area contributed by atoms with Crippen LogP contribution < -0.4 is 0 Å². The second kappa shape index (κ2) is 9.00. The predicted molar refractivity (Wildman–Crippen MR) is 81.0 cm³/mol. The van der Waals surface area contributed by atoms with Crippen LogP contribution in [-0.2, 0) is 24.0 Å². The maximum atomic E-state index is 11.6. The zero-order chi connectivity index (χ0) is 19.8. The molecule has 0 spiro atoms. The molecule has 0 fully saturated rings. The third-order valence-electron chi connectivity index (χ3n) is 4.24. The molecule has 0 unspecified atom stereocenters. The molecule has 0 rings (SSSR count). The highest BCUT2D eigenvalue weighted by molar-refractivity contribution is 6.24. The minimum atomic E-state index is -4.05. The van der Waals surface area contributed by atoms with Crippen LogP contribution in [-0.4, -0.2) is 55.4 Å². The van der Waals surface area contributed by atoms with Gasteiger partial charge in [-0.15, -0.1) is 0 Å². The van der Waals surface area contributed by atoms with Gasteiger partial charge in [0.2, 0.25) is 5.41 Å². The van der Waals surface area contributed by atoms with E-state index in [9.17, 15) is 49.5 Å². The number of hydrogen-bond donors (Lipinski definition) is 5. The van der Waals surface area contributed by atoms with E-state index in [2.05, 4.69) is 0 Å². The Kier molecular flexibility index (Phi) is 8.04. The molecule has 0 aromatic heterocycles. The average Bonchev–Trinajstić information content (AvgIpc) is 2.47. The normalized spacial score (nSPS) is 11.7. The minimum Gasteiger partial charge on any atom is -0.480 e. The topological polar surface area (TPSA) is 186 Å². The van der Waals surface area contributed by atoms with Gasteiger partial charge < -0.3 is 25.5 Å². The van der Waals surface area contributed by atoms with Crippen molar-refractivity contribution >= 4 is 29.8 Å². The average molecular weight is 362 g/mol. The Morgan fingerprint density at radius 3 is 1.28 bits per heavy atom. The SMILES string of the molecule is CCCCCCCCC(C(=O)O)(C(=O)O)C(C(=O)O)(C(=O)O)C(=O)O. The molecule has 0 bridgehead atoms. The molecule has 0 atom stereocenters. The van der Waals surface area contributed by atoms with E-state index in [1.165, 1.54) is 0 Å². The van der Waals surface area contributed by atoms with Crippen LogP contribution in [0, 0.1) is 10.8 Å². The second-order valence-electron chi connectivity index (χ2n) is 5.70. The summed E-state index contributed by atoms with van der Waals surface area (Å²) in [5.41, 5.74) is -7.59. The first-order valence-electron chi connectivity index (χ1n) is 7.70. The van der Waals surface area contributed by atoms with E-state index >= 15 is 0 Å². The summed E-state index contributed by atoms with van der Waals surface area (Å²) >= 11 is 0. The zero-order valence-corrected chi connectivity index (χ0v) is 13.7. The molecule has 0 radical (unpaired) electrons. The molecule has 5 N–H and O–H groups in total. The standard InChI is InChI=1S/C15H22O10/c1-2-3-4-5-6-7-8-14(9(16)17,10(18)19)15(11(20)21,12(22)23)13(24)25/h2-8H2,1H3,(H,16,17)(H,18,19)(H,20,21)(H,22,23)(H,24,25). The lowest BCUT2D eigenvalue weighted by Crippen LogP contribution is -2.65. The maximum absolute atomic E-state index is 11.6. The van der Waals surface area contributed by atoms with Gasteiger partial charge in [-0.1, -0.05) is 45.4 Å². The monoisotopic (exact) mass is 362 g/mol. The second-order valence-corrected chi connectivity index (χ2v) is 5.70. The zero-order valence-electron chi connectivity index (χ0n) is 13.7. The van der Waals surface area contributed by atoms with E-state index in [0.717, 1.165) is 19.3 Å². The van der Waals surface area contributed by atoms with Gasteiger partial charge in [0.05, 0.1) is 0 Å². The molecule has 0 amide bonds. The molecule has 142 valence electrons. The summed E-state index contributed by atoms with van der Waals surface area (Å²) in [5.74, 6) is -12.3. The van der Waals surface area contributed by atoms with Gasteiger partial charge in [0, 0.05) is 0 Å². The van der Waals surface area contributed by atoms with E-state index in [1.807, 2.05) is 6.92 Å². The van der Waals surface area contributed by atoms with Crippen LogP contribution in [0.5, 0.6) is 0 Å². The van der Waals surface area contributed by atoms with Crippen molar-refractivity contribution in [3.05, 3.63) is 0 Å². The number of rotatable bonds is 13. The molecule has 10 nitrogen and oxygen atoms in total. The lowest BCUT2D eigenvalue weighted by atomic mass is 9.60. The minimum absolute atomic E-state index is 0.141. The van der Waals surface area contributed by atoms with Gasteiger partial charge in [-0.25, -0.2) is 0 Å². The lowest BCUT2D eigenvalue weighted by molar-refractivity contribution is -0.203. The van der Waals surface area contributed by atoms with Gasteiger partial charge >= 0.3 is 29.8 Å². The first-order chi connectivity index (χ1) is 11.5. The van der Waals surface area contributed by atoms with E-state index in [4.69, 9.17) is 0 Å². The van der Waals surface area contributed by atoms with Crippen molar-refractivity contribution in [1.29, 1.82) is 0 Å². The van der Waals surface area contributed by atoms with E-state index < -0.39 is 47.1 Å². The predicted octanol–water partition coefficient (Wildman–Crippen LogP) is 1.13. The summed E-state index contributed by atoms with van der Waals surface area (Å²) in [6.45, 7) is 1.96. The lowest BCUT2D eigenvalue weighted by Gasteiger charge is -2.35. The fourth-order valence-corrected chi connectivity index (χ4v) is 2.81. The summed E-state index contributed by atoms with van der Waals surface area (Å²) in [7, 11) is 0. The number of aliphatic carboxylic acids is 5. The number of carbonyl (C=O) groups is 5. The summed E-state index contributed by atoms with van der Waals surface area (Å²) < 4.78 is 0. The van der Waals surface area contributed by atoms with E-state index in [-0.39, 0.29) is 6.42 Å². The van der Waals surface area contributed by atoms with Crippen molar-refractivity contribution in [2.45, 2.75) is 51.9 Å². The summed E-state index contributed by atoms with van der Waals surface area (Å²) in [6, 6.07) is 0. The molecule has 0 aliphatic carbocycles. The molecular formula is C15H22O10. The summed E-state index contributed by atoms with van der Waals surface area (Å²) in [4.78, 5) is 57.6. The maximum Gasteiger partial charge on any atom is 0.334 e. The van der Waals surface area contributed by atoms with Crippen molar-refractivity contribution in [2.75, 3.05) is 0 Å². The molecule has 0 aliphatic rings. The van der Waals surface area contributed by atoms with Crippen molar-refractivity contribution in [2.24, 2.45) is 10.8 Å². The highest BCUT2D eigenvalue weighted by Crippen LogP contribution is 2.46. The Balaban J connectivity index is 6.00. The molecular weight excluding hydrogens is 340 g/mol. The van der Waals surface area contributed by atoms with Gasteiger partial charge in [0.1, 0.15) is 0 Å². The van der Waals surface area contributed by atoms with Crippen LogP contribution in [0.15, 0.2) is 0 Å². The Morgan fingerprint density at radius 2 is 0.960 bits per heavy atom. The van der Waals surface area contributed by atoms with Crippen LogP contribution in [0.3, 0.4) is 0 Å². The van der Waals surface area contributed by atoms with Crippen molar-refractivity contribution in [3.63, 3.8) is 0 Å². The highest BCUT2D eigenvalue weighted by Gasteiger charge is 2.76. The summed E-state index contributed by atoms with van der Waals surface area (Å²) in [6.07, 6.45) is 2.44. The molecule has 0 heterocycles. The Hall–Kier alpha value is -2.65.